The lowest BCUT2D eigenvalue weighted by Crippen LogP contribution is -2.22. The minimum atomic E-state index is -0.393. The number of nitrogens with zero attached hydrogens (tertiary/aromatic N) is 1. The summed E-state index contributed by atoms with van der Waals surface area (Å²) >= 11 is 6.27. The maximum Gasteiger partial charge on any atom is 0.197 e. The fourth-order valence-corrected chi connectivity index (χ4v) is 4.30. The van der Waals surface area contributed by atoms with Crippen LogP contribution in [0.2, 0.25) is 5.02 Å². The summed E-state index contributed by atoms with van der Waals surface area (Å²) in [6.07, 6.45) is 1.46. The Balaban J connectivity index is 1.86. The lowest BCUT2D eigenvalue weighted by Gasteiger charge is -2.18. The van der Waals surface area contributed by atoms with Crippen LogP contribution in [-0.2, 0) is 0 Å². The number of likely N-dealkylation sites (tertiary alicyclic amines) is 1. The highest BCUT2D eigenvalue weighted by molar-refractivity contribution is 6.33. The van der Waals surface area contributed by atoms with Gasteiger partial charge in [0, 0.05) is 48.9 Å². The van der Waals surface area contributed by atoms with Crippen LogP contribution in [0.4, 0.5) is 0 Å². The maximum atomic E-state index is 12.8. The molecule has 152 valence electrons. The van der Waals surface area contributed by atoms with E-state index in [2.05, 4.69) is 4.90 Å². The average molecular weight is 416 g/mol. The molecule has 0 bridgehead atoms. The largest absolute Gasteiger partial charge is 0.507 e. The van der Waals surface area contributed by atoms with Crippen LogP contribution in [-0.4, -0.2) is 46.5 Å². The van der Waals surface area contributed by atoms with Crippen LogP contribution in [0.5, 0.6) is 11.5 Å². The number of hydrogen-bond acceptors (Lipinski definition) is 6. The smallest absolute Gasteiger partial charge is 0.197 e. The molecule has 6 nitrogen and oxygen atoms in total. The van der Waals surface area contributed by atoms with Gasteiger partial charge in [0.1, 0.15) is 28.2 Å². The summed E-state index contributed by atoms with van der Waals surface area (Å²) in [5.74, 6) is -0.171. The maximum absolute atomic E-state index is 12.8. The normalized spacial score (nSPS) is 17.2. The van der Waals surface area contributed by atoms with Gasteiger partial charge in [-0.25, -0.2) is 0 Å². The van der Waals surface area contributed by atoms with E-state index >= 15 is 0 Å². The van der Waals surface area contributed by atoms with Crippen LogP contribution in [0.3, 0.4) is 0 Å². The molecule has 2 heterocycles. The number of aliphatic hydroxyl groups is 1. The minimum absolute atomic E-state index is 0.0542. The van der Waals surface area contributed by atoms with E-state index in [4.69, 9.17) is 21.1 Å². The highest BCUT2D eigenvalue weighted by atomic mass is 35.5. The lowest BCUT2D eigenvalue weighted by atomic mass is 9.94. The highest BCUT2D eigenvalue weighted by Crippen LogP contribution is 2.42. The van der Waals surface area contributed by atoms with Crippen molar-refractivity contribution in [1.29, 1.82) is 0 Å². The number of phenols is 2. The first-order chi connectivity index (χ1) is 14.0. The molecule has 1 fully saturated rings. The van der Waals surface area contributed by atoms with Crippen molar-refractivity contribution in [1.82, 2.24) is 4.90 Å². The predicted molar refractivity (Wildman–Crippen MR) is 112 cm³/mol. The van der Waals surface area contributed by atoms with Crippen LogP contribution in [0, 0.1) is 0 Å². The second-order valence-corrected chi connectivity index (χ2v) is 7.76. The van der Waals surface area contributed by atoms with E-state index in [0.29, 0.717) is 29.1 Å². The quantitative estimate of drug-likeness (QED) is 0.588. The summed E-state index contributed by atoms with van der Waals surface area (Å²) in [6, 6.07) is 9.56. The van der Waals surface area contributed by atoms with Crippen molar-refractivity contribution in [2.75, 3.05) is 26.2 Å². The van der Waals surface area contributed by atoms with Crippen LogP contribution in [0.15, 0.2) is 45.6 Å². The van der Waals surface area contributed by atoms with E-state index < -0.39 is 5.43 Å². The van der Waals surface area contributed by atoms with Crippen LogP contribution < -0.4 is 5.43 Å². The molecule has 1 aliphatic heterocycles. The standard InChI is InChI=1S/C22H22ClNO5/c23-15-5-2-1-4-14(15)19-11-18(28)21-17(27)10-16(26)20(22(21)29-19)13-6-8-24(12-13)7-3-9-25/h1-2,4-5,10-11,13,25-27H,3,6-9,12H2. The van der Waals surface area contributed by atoms with Crippen molar-refractivity contribution in [3.8, 4) is 22.8 Å². The van der Waals surface area contributed by atoms with Crippen molar-refractivity contribution < 1.29 is 19.7 Å². The van der Waals surface area contributed by atoms with Gasteiger partial charge >= 0.3 is 0 Å². The molecule has 3 N–H and O–H groups in total. The molecule has 0 amide bonds. The molecule has 1 unspecified atom stereocenters. The molecular formula is C22H22ClNO5. The monoisotopic (exact) mass is 415 g/mol. The van der Waals surface area contributed by atoms with Crippen molar-refractivity contribution in [3.63, 3.8) is 0 Å². The van der Waals surface area contributed by atoms with Crippen molar-refractivity contribution in [2.45, 2.75) is 18.8 Å². The van der Waals surface area contributed by atoms with Gasteiger partial charge in [-0.3, -0.25) is 4.79 Å². The van der Waals surface area contributed by atoms with E-state index in [1.807, 2.05) is 0 Å². The van der Waals surface area contributed by atoms with Crippen LogP contribution >= 0.6 is 11.6 Å². The highest BCUT2D eigenvalue weighted by Gasteiger charge is 2.30. The van der Waals surface area contributed by atoms with E-state index in [-0.39, 0.29) is 40.8 Å². The SMILES string of the molecule is O=c1cc(-c2ccccc2Cl)oc2c(C3CCN(CCCO)C3)c(O)cc(O)c12. The zero-order valence-corrected chi connectivity index (χ0v) is 16.5. The van der Waals surface area contributed by atoms with Gasteiger partial charge in [0.15, 0.2) is 5.43 Å². The van der Waals surface area contributed by atoms with Crippen molar-refractivity contribution in [2.24, 2.45) is 0 Å². The first kappa shape index (κ1) is 19.8. The number of rotatable bonds is 5. The summed E-state index contributed by atoms with van der Waals surface area (Å²) in [4.78, 5) is 15.0. The van der Waals surface area contributed by atoms with Crippen LogP contribution in [0.1, 0.15) is 24.3 Å². The lowest BCUT2D eigenvalue weighted by molar-refractivity contribution is 0.246. The predicted octanol–water partition coefficient (Wildman–Crippen LogP) is 3.70. The number of halogens is 1. The van der Waals surface area contributed by atoms with Gasteiger partial charge in [-0.15, -0.1) is 0 Å². The third kappa shape index (κ3) is 3.71. The minimum Gasteiger partial charge on any atom is -0.507 e. The third-order valence-electron chi connectivity index (χ3n) is 5.45. The Morgan fingerprint density at radius 1 is 1.17 bits per heavy atom. The molecule has 1 saturated heterocycles. The van der Waals surface area contributed by atoms with Gasteiger partial charge in [0.2, 0.25) is 0 Å². The van der Waals surface area contributed by atoms with Gasteiger partial charge in [0.25, 0.3) is 0 Å². The van der Waals surface area contributed by atoms with Gasteiger partial charge < -0.3 is 24.6 Å². The zero-order valence-electron chi connectivity index (χ0n) is 15.8. The van der Waals surface area contributed by atoms with E-state index in [1.54, 1.807) is 24.3 Å². The van der Waals surface area contributed by atoms with Gasteiger partial charge in [-0.05, 0) is 31.5 Å². The Kier molecular flexibility index (Phi) is 5.50. The molecule has 0 radical (unpaired) electrons. The van der Waals surface area contributed by atoms with E-state index in [1.165, 1.54) is 12.1 Å². The molecule has 0 aliphatic carbocycles. The second kappa shape index (κ2) is 8.06. The molecule has 7 heteroatoms. The summed E-state index contributed by atoms with van der Waals surface area (Å²) < 4.78 is 6.07. The van der Waals surface area contributed by atoms with Gasteiger partial charge in [-0.1, -0.05) is 23.7 Å². The topological polar surface area (TPSA) is 94.1 Å². The molecule has 1 aliphatic rings. The molecule has 4 rings (SSSR count). The average Bonchev–Trinajstić information content (AvgIpc) is 3.14. The number of phenolic OH excluding ortho intramolecular Hbond substituents is 2. The molecular weight excluding hydrogens is 394 g/mol. The fraction of sp³-hybridized carbons (Fsp3) is 0.318. The first-order valence-electron chi connectivity index (χ1n) is 9.60. The summed E-state index contributed by atoms with van der Waals surface area (Å²) in [5, 5.41) is 30.5. The van der Waals surface area contributed by atoms with Gasteiger partial charge in [-0.2, -0.15) is 0 Å². The van der Waals surface area contributed by atoms with E-state index in [0.717, 1.165) is 19.5 Å². The summed E-state index contributed by atoms with van der Waals surface area (Å²) in [5.41, 5.74) is 0.891. The number of benzene rings is 2. The Morgan fingerprint density at radius 3 is 2.72 bits per heavy atom. The molecule has 2 aromatic carbocycles. The Hall–Kier alpha value is -2.54. The fourth-order valence-electron chi connectivity index (χ4n) is 4.08. The Labute approximate surface area is 172 Å². The molecule has 1 atom stereocenters. The number of fused-ring (bicyclic) bond motifs is 1. The number of hydrogen-bond donors (Lipinski definition) is 3. The second-order valence-electron chi connectivity index (χ2n) is 7.35. The number of aromatic hydroxyl groups is 2. The number of aliphatic hydroxyl groups excluding tert-OH is 1. The Morgan fingerprint density at radius 2 is 1.97 bits per heavy atom. The van der Waals surface area contributed by atoms with E-state index in [9.17, 15) is 15.0 Å². The molecule has 0 spiro atoms. The Bertz CT molecular complexity index is 1110. The molecule has 0 saturated carbocycles. The van der Waals surface area contributed by atoms with Gasteiger partial charge in [0.05, 0.1) is 5.02 Å². The summed E-state index contributed by atoms with van der Waals surface area (Å²) in [7, 11) is 0. The van der Waals surface area contributed by atoms with Crippen molar-refractivity contribution >= 4 is 22.6 Å². The molecule has 1 aromatic heterocycles. The zero-order chi connectivity index (χ0) is 20.5. The van der Waals surface area contributed by atoms with Crippen molar-refractivity contribution in [3.05, 3.63) is 57.2 Å². The third-order valence-corrected chi connectivity index (χ3v) is 5.78. The summed E-state index contributed by atoms with van der Waals surface area (Å²) in [6.45, 7) is 2.39. The van der Waals surface area contributed by atoms with Crippen LogP contribution in [0.25, 0.3) is 22.3 Å². The molecule has 3 aromatic rings. The first-order valence-corrected chi connectivity index (χ1v) is 9.98. The molecule has 29 heavy (non-hydrogen) atoms.